The van der Waals surface area contributed by atoms with Gasteiger partial charge < -0.3 is 33.7 Å². The second-order valence-corrected chi connectivity index (χ2v) is 8.91. The van der Waals surface area contributed by atoms with Gasteiger partial charge in [-0.1, -0.05) is 17.7 Å². The van der Waals surface area contributed by atoms with Crippen LogP contribution in [0, 0.1) is 0 Å². The highest BCUT2D eigenvalue weighted by atomic mass is 35.5. The first-order valence-electron chi connectivity index (χ1n) is 11.4. The zero-order valence-electron chi connectivity index (χ0n) is 20.1. The van der Waals surface area contributed by atoms with Crippen molar-refractivity contribution in [2.45, 2.75) is 18.4 Å². The molecule has 8 nitrogen and oxygen atoms in total. The van der Waals surface area contributed by atoms with Crippen LogP contribution in [0.15, 0.2) is 54.6 Å². The van der Waals surface area contributed by atoms with Gasteiger partial charge >= 0.3 is 0 Å². The number of halogens is 1. The lowest BCUT2D eigenvalue weighted by atomic mass is 9.86. The van der Waals surface area contributed by atoms with E-state index in [1.54, 1.807) is 62.8 Å². The van der Waals surface area contributed by atoms with Crippen LogP contribution < -0.4 is 19.1 Å². The third-order valence-corrected chi connectivity index (χ3v) is 6.76. The standard InChI is InChI=1S/C27H26ClNO7/c1-32-19-7-4-17(24(14-19)34-3)15-29-22-8-6-18(28)13-20(22)27(31,26(29)30)21-12-16(5-9-23(21)33-2)25-35-10-11-36-25/h4-9,12-14,25,31H,10-11,15H2,1-3H3. The number of benzene rings is 3. The number of aliphatic hydroxyl groups is 1. The Morgan fingerprint density at radius 2 is 1.69 bits per heavy atom. The van der Waals surface area contributed by atoms with Crippen LogP contribution in [0.1, 0.15) is 28.5 Å². The van der Waals surface area contributed by atoms with Gasteiger partial charge in [-0.2, -0.15) is 0 Å². The lowest BCUT2D eigenvalue weighted by Gasteiger charge is -2.27. The number of anilines is 1. The summed E-state index contributed by atoms with van der Waals surface area (Å²) in [5, 5.41) is 12.6. The Balaban J connectivity index is 1.63. The van der Waals surface area contributed by atoms with Crippen molar-refractivity contribution in [2.75, 3.05) is 39.4 Å². The first-order valence-corrected chi connectivity index (χ1v) is 11.8. The predicted octanol–water partition coefficient (Wildman–Crippen LogP) is 4.19. The van der Waals surface area contributed by atoms with Crippen LogP contribution in [0.5, 0.6) is 17.2 Å². The van der Waals surface area contributed by atoms with Crippen LogP contribution in [0.3, 0.4) is 0 Å². The van der Waals surface area contributed by atoms with E-state index in [1.165, 1.54) is 12.0 Å². The summed E-state index contributed by atoms with van der Waals surface area (Å²) in [6, 6.07) is 15.6. The summed E-state index contributed by atoms with van der Waals surface area (Å²) in [4.78, 5) is 15.6. The van der Waals surface area contributed by atoms with E-state index in [0.717, 1.165) is 5.56 Å². The maximum absolute atomic E-state index is 14.1. The van der Waals surface area contributed by atoms with Crippen LogP contribution in [0.2, 0.25) is 5.02 Å². The summed E-state index contributed by atoms with van der Waals surface area (Å²) in [6.45, 7) is 1.08. The molecule has 2 heterocycles. The first kappa shape index (κ1) is 24.4. The van der Waals surface area contributed by atoms with Gasteiger partial charge in [0, 0.05) is 33.3 Å². The summed E-state index contributed by atoms with van der Waals surface area (Å²) >= 11 is 6.34. The van der Waals surface area contributed by atoms with Crippen LogP contribution in [-0.4, -0.2) is 45.6 Å². The van der Waals surface area contributed by atoms with Crippen molar-refractivity contribution in [3.63, 3.8) is 0 Å². The minimum absolute atomic E-state index is 0.153. The monoisotopic (exact) mass is 511 g/mol. The third kappa shape index (κ3) is 3.96. The molecule has 0 radical (unpaired) electrons. The molecule has 1 unspecified atom stereocenters. The van der Waals surface area contributed by atoms with E-state index < -0.39 is 17.8 Å². The van der Waals surface area contributed by atoms with Gasteiger partial charge in [-0.25, -0.2) is 0 Å². The maximum Gasteiger partial charge on any atom is 0.268 e. The Morgan fingerprint density at radius 3 is 2.39 bits per heavy atom. The van der Waals surface area contributed by atoms with Gasteiger partial charge in [-0.15, -0.1) is 0 Å². The summed E-state index contributed by atoms with van der Waals surface area (Å²) in [5.74, 6) is 0.997. The molecule has 2 aliphatic heterocycles. The molecule has 3 aromatic rings. The SMILES string of the molecule is COc1ccc(CN2C(=O)C(O)(c3cc(C4OCCO4)ccc3OC)c3cc(Cl)ccc32)c(OC)c1. The number of fused-ring (bicyclic) bond motifs is 1. The van der Waals surface area contributed by atoms with Crippen molar-refractivity contribution in [3.05, 3.63) is 81.9 Å². The molecule has 2 aliphatic rings. The summed E-state index contributed by atoms with van der Waals surface area (Å²) < 4.78 is 27.7. The summed E-state index contributed by atoms with van der Waals surface area (Å²) in [5.41, 5.74) is 0.523. The lowest BCUT2D eigenvalue weighted by Crippen LogP contribution is -2.41. The zero-order valence-corrected chi connectivity index (χ0v) is 20.9. The molecule has 36 heavy (non-hydrogen) atoms. The maximum atomic E-state index is 14.1. The molecular formula is C27H26ClNO7. The quantitative estimate of drug-likeness (QED) is 0.509. The van der Waals surface area contributed by atoms with Crippen LogP contribution in [0.4, 0.5) is 5.69 Å². The molecule has 3 aromatic carbocycles. The van der Waals surface area contributed by atoms with Crippen molar-refractivity contribution >= 4 is 23.2 Å². The highest BCUT2D eigenvalue weighted by molar-refractivity contribution is 6.31. The second-order valence-electron chi connectivity index (χ2n) is 8.47. The van der Waals surface area contributed by atoms with E-state index in [1.807, 2.05) is 6.07 Å². The van der Waals surface area contributed by atoms with Gasteiger partial charge in [0.1, 0.15) is 17.2 Å². The Morgan fingerprint density at radius 1 is 0.944 bits per heavy atom. The molecule has 188 valence electrons. The van der Waals surface area contributed by atoms with Crippen molar-refractivity contribution in [1.29, 1.82) is 0 Å². The predicted molar refractivity (Wildman–Crippen MR) is 133 cm³/mol. The zero-order chi connectivity index (χ0) is 25.4. The molecule has 9 heteroatoms. The normalized spacial score (nSPS) is 19.5. The fourth-order valence-corrected chi connectivity index (χ4v) is 4.90. The van der Waals surface area contributed by atoms with Gasteiger partial charge in [-0.3, -0.25) is 4.79 Å². The molecule has 0 bridgehead atoms. The van der Waals surface area contributed by atoms with E-state index in [4.69, 9.17) is 35.3 Å². The van der Waals surface area contributed by atoms with Crippen molar-refractivity contribution in [1.82, 2.24) is 0 Å². The molecule has 0 saturated carbocycles. The van der Waals surface area contributed by atoms with Crippen LogP contribution >= 0.6 is 11.6 Å². The van der Waals surface area contributed by atoms with Gasteiger partial charge in [0.05, 0.1) is 46.8 Å². The van der Waals surface area contributed by atoms with Crippen LogP contribution in [-0.2, 0) is 26.4 Å². The Labute approximate surface area is 213 Å². The third-order valence-electron chi connectivity index (χ3n) is 6.52. The number of hydrogen-bond donors (Lipinski definition) is 1. The smallest absolute Gasteiger partial charge is 0.268 e. The molecule has 1 atom stereocenters. The number of carbonyl (C=O) groups excluding carboxylic acids is 1. The Hall–Kier alpha value is -3.30. The average molecular weight is 512 g/mol. The number of carbonyl (C=O) groups is 1. The van der Waals surface area contributed by atoms with Crippen LogP contribution in [0.25, 0.3) is 0 Å². The van der Waals surface area contributed by atoms with Gasteiger partial charge in [-0.05, 0) is 42.5 Å². The Kier molecular flexibility index (Phi) is 6.53. The minimum atomic E-state index is -2.06. The van der Waals surface area contributed by atoms with E-state index in [0.29, 0.717) is 52.3 Å². The number of nitrogens with zero attached hydrogens (tertiary/aromatic N) is 1. The van der Waals surface area contributed by atoms with Crippen molar-refractivity contribution < 1.29 is 33.6 Å². The van der Waals surface area contributed by atoms with Gasteiger partial charge in [0.25, 0.3) is 5.91 Å². The molecule has 1 saturated heterocycles. The molecule has 0 aliphatic carbocycles. The molecule has 0 aromatic heterocycles. The minimum Gasteiger partial charge on any atom is -0.497 e. The fraction of sp³-hybridized carbons (Fsp3) is 0.296. The van der Waals surface area contributed by atoms with E-state index in [9.17, 15) is 9.90 Å². The second kappa shape index (κ2) is 9.63. The number of ether oxygens (including phenoxy) is 5. The highest BCUT2D eigenvalue weighted by Gasteiger charge is 2.53. The van der Waals surface area contributed by atoms with Crippen molar-refractivity contribution in [2.24, 2.45) is 0 Å². The number of amides is 1. The van der Waals surface area contributed by atoms with E-state index in [-0.39, 0.29) is 12.1 Å². The number of rotatable bonds is 7. The molecule has 1 N–H and O–H groups in total. The number of methoxy groups -OCH3 is 3. The fourth-order valence-electron chi connectivity index (χ4n) is 4.73. The van der Waals surface area contributed by atoms with Gasteiger partial charge in [0.2, 0.25) is 0 Å². The highest BCUT2D eigenvalue weighted by Crippen LogP contribution is 2.49. The van der Waals surface area contributed by atoms with E-state index in [2.05, 4.69) is 0 Å². The average Bonchev–Trinajstić information content (AvgIpc) is 3.51. The molecule has 5 rings (SSSR count). The molecule has 1 fully saturated rings. The largest absolute Gasteiger partial charge is 0.497 e. The van der Waals surface area contributed by atoms with E-state index >= 15 is 0 Å². The lowest BCUT2D eigenvalue weighted by molar-refractivity contribution is -0.132. The molecule has 1 amide bonds. The number of hydrogen-bond acceptors (Lipinski definition) is 7. The first-order chi connectivity index (χ1) is 17.4. The molecule has 0 spiro atoms. The summed E-state index contributed by atoms with van der Waals surface area (Å²) in [7, 11) is 4.61. The van der Waals surface area contributed by atoms with Gasteiger partial charge in [0.15, 0.2) is 11.9 Å². The van der Waals surface area contributed by atoms with Crippen molar-refractivity contribution in [3.8, 4) is 17.2 Å². The Bertz CT molecular complexity index is 1310. The molecular weight excluding hydrogens is 486 g/mol. The topological polar surface area (TPSA) is 86.7 Å². The summed E-state index contributed by atoms with van der Waals surface area (Å²) in [6.07, 6.45) is -0.590.